The smallest absolute Gasteiger partial charge is 0.265 e. The fourth-order valence-electron chi connectivity index (χ4n) is 2.48. The molecule has 1 fully saturated rings. The first kappa shape index (κ1) is 11.7. The Balaban J connectivity index is 2.10. The molecule has 1 aliphatic rings. The van der Waals surface area contributed by atoms with E-state index in [0.717, 1.165) is 24.1 Å². The van der Waals surface area contributed by atoms with Crippen LogP contribution in [0, 0.1) is 0 Å². The summed E-state index contributed by atoms with van der Waals surface area (Å²) in [6.45, 7) is 0. The molecule has 3 rings (SSSR count). The van der Waals surface area contributed by atoms with Crippen LogP contribution in [0.1, 0.15) is 37.3 Å². The molecule has 0 spiro atoms. The molecule has 1 aliphatic carbocycles. The highest BCUT2D eigenvalue weighted by Gasteiger charge is 2.23. The highest BCUT2D eigenvalue weighted by atomic mass is 79.9. The maximum absolute atomic E-state index is 11.9. The lowest BCUT2D eigenvalue weighted by molar-refractivity contribution is 0.567. The molecular formula is C13H13BrN2O2. The van der Waals surface area contributed by atoms with Crippen LogP contribution >= 0.6 is 15.9 Å². The second-order valence-electron chi connectivity index (χ2n) is 4.61. The van der Waals surface area contributed by atoms with E-state index in [1.807, 2.05) is 0 Å². The molecule has 1 saturated carbocycles. The van der Waals surface area contributed by atoms with Crippen LogP contribution in [0.3, 0.4) is 0 Å². The summed E-state index contributed by atoms with van der Waals surface area (Å²) in [6, 6.07) is 1.80. The minimum Gasteiger partial charge on any atom is -0.472 e. The zero-order chi connectivity index (χ0) is 12.5. The van der Waals surface area contributed by atoms with Crippen LogP contribution in [0.2, 0.25) is 0 Å². The van der Waals surface area contributed by atoms with Gasteiger partial charge in [0.1, 0.15) is 16.6 Å². The van der Waals surface area contributed by atoms with Crippen molar-refractivity contribution in [3.8, 4) is 11.4 Å². The number of hydrogen-bond donors (Lipinski definition) is 1. The number of nitrogens with zero attached hydrogens (tertiary/aromatic N) is 1. The van der Waals surface area contributed by atoms with E-state index < -0.39 is 0 Å². The number of aromatic nitrogens is 2. The largest absolute Gasteiger partial charge is 0.472 e. The molecule has 2 aromatic rings. The van der Waals surface area contributed by atoms with Gasteiger partial charge in [-0.25, -0.2) is 4.98 Å². The Hall–Kier alpha value is -1.36. The standard InChI is InChI=1S/C13H13BrN2O2/c14-10-11(8-3-1-2-4-8)15-12(16-13(10)17)9-5-6-18-7-9/h5-8H,1-4H2,(H,15,16,17). The van der Waals surface area contributed by atoms with Crippen molar-refractivity contribution in [3.05, 3.63) is 39.1 Å². The third kappa shape index (κ3) is 2.03. The minimum atomic E-state index is -0.122. The van der Waals surface area contributed by atoms with Crippen LogP contribution in [-0.4, -0.2) is 9.97 Å². The number of rotatable bonds is 2. The van der Waals surface area contributed by atoms with E-state index in [2.05, 4.69) is 25.9 Å². The van der Waals surface area contributed by atoms with Crippen LogP contribution in [0.4, 0.5) is 0 Å². The third-order valence-corrected chi connectivity index (χ3v) is 4.19. The van der Waals surface area contributed by atoms with Gasteiger partial charge in [-0.3, -0.25) is 4.79 Å². The second-order valence-corrected chi connectivity index (χ2v) is 5.40. The van der Waals surface area contributed by atoms with E-state index in [4.69, 9.17) is 4.42 Å². The lowest BCUT2D eigenvalue weighted by atomic mass is 10.0. The predicted molar refractivity (Wildman–Crippen MR) is 71.5 cm³/mol. The fourth-order valence-corrected chi connectivity index (χ4v) is 2.99. The van der Waals surface area contributed by atoms with Crippen molar-refractivity contribution < 1.29 is 4.42 Å². The monoisotopic (exact) mass is 308 g/mol. The zero-order valence-electron chi connectivity index (χ0n) is 9.78. The summed E-state index contributed by atoms with van der Waals surface area (Å²) < 4.78 is 5.60. The van der Waals surface area contributed by atoms with Gasteiger partial charge in [-0.15, -0.1) is 0 Å². The predicted octanol–water partition coefficient (Wildman–Crippen LogP) is 3.45. The van der Waals surface area contributed by atoms with Crippen molar-refractivity contribution in [1.29, 1.82) is 0 Å². The van der Waals surface area contributed by atoms with Crippen molar-refractivity contribution >= 4 is 15.9 Å². The van der Waals surface area contributed by atoms with Gasteiger partial charge in [-0.1, -0.05) is 12.8 Å². The second kappa shape index (κ2) is 4.72. The Labute approximate surface area is 113 Å². The Bertz CT molecular complexity index is 598. The van der Waals surface area contributed by atoms with E-state index in [9.17, 15) is 4.79 Å². The molecule has 0 bridgehead atoms. The van der Waals surface area contributed by atoms with Crippen molar-refractivity contribution in [2.75, 3.05) is 0 Å². The number of furan rings is 1. The van der Waals surface area contributed by atoms with Crippen LogP contribution < -0.4 is 5.56 Å². The van der Waals surface area contributed by atoms with Crippen LogP contribution in [0.15, 0.2) is 32.3 Å². The molecule has 4 nitrogen and oxygen atoms in total. The average molecular weight is 309 g/mol. The number of aromatic amines is 1. The quantitative estimate of drug-likeness (QED) is 0.924. The van der Waals surface area contributed by atoms with E-state index in [1.54, 1.807) is 18.6 Å². The summed E-state index contributed by atoms with van der Waals surface area (Å²) in [5.41, 5.74) is 1.56. The van der Waals surface area contributed by atoms with Crippen LogP contribution in [0.5, 0.6) is 0 Å². The summed E-state index contributed by atoms with van der Waals surface area (Å²) in [5.74, 6) is 0.978. The molecule has 0 unspecified atom stereocenters. The molecule has 0 radical (unpaired) electrons. The van der Waals surface area contributed by atoms with E-state index in [-0.39, 0.29) is 5.56 Å². The third-order valence-electron chi connectivity index (χ3n) is 3.42. The van der Waals surface area contributed by atoms with Gasteiger partial charge in [-0.05, 0) is 34.8 Å². The zero-order valence-corrected chi connectivity index (χ0v) is 11.4. The first-order chi connectivity index (χ1) is 8.75. The minimum absolute atomic E-state index is 0.122. The van der Waals surface area contributed by atoms with Crippen molar-refractivity contribution in [2.24, 2.45) is 0 Å². The van der Waals surface area contributed by atoms with Gasteiger partial charge >= 0.3 is 0 Å². The number of hydrogen-bond acceptors (Lipinski definition) is 3. The summed E-state index contributed by atoms with van der Waals surface area (Å²) in [5, 5.41) is 0. The highest BCUT2D eigenvalue weighted by molar-refractivity contribution is 9.10. The molecular weight excluding hydrogens is 296 g/mol. The van der Waals surface area contributed by atoms with Gasteiger partial charge in [0.2, 0.25) is 0 Å². The van der Waals surface area contributed by atoms with Gasteiger partial charge in [0, 0.05) is 5.92 Å². The molecule has 0 aromatic carbocycles. The fraction of sp³-hybridized carbons (Fsp3) is 0.385. The van der Waals surface area contributed by atoms with Crippen LogP contribution in [0.25, 0.3) is 11.4 Å². The van der Waals surface area contributed by atoms with E-state index in [0.29, 0.717) is 16.2 Å². The van der Waals surface area contributed by atoms with Gasteiger partial charge in [-0.2, -0.15) is 0 Å². The van der Waals surface area contributed by atoms with Crippen molar-refractivity contribution in [2.45, 2.75) is 31.6 Å². The molecule has 0 atom stereocenters. The topological polar surface area (TPSA) is 58.9 Å². The molecule has 5 heteroatoms. The van der Waals surface area contributed by atoms with Gasteiger partial charge < -0.3 is 9.40 Å². The molecule has 2 heterocycles. The Morgan fingerprint density at radius 2 is 2.17 bits per heavy atom. The summed E-state index contributed by atoms with van der Waals surface area (Å²) >= 11 is 3.36. The Morgan fingerprint density at radius 1 is 1.39 bits per heavy atom. The molecule has 0 aliphatic heterocycles. The highest BCUT2D eigenvalue weighted by Crippen LogP contribution is 2.35. The average Bonchev–Trinajstić information content (AvgIpc) is 3.03. The summed E-state index contributed by atoms with van der Waals surface area (Å²) in [6.07, 6.45) is 7.82. The van der Waals surface area contributed by atoms with E-state index in [1.165, 1.54) is 12.8 Å². The van der Waals surface area contributed by atoms with Crippen molar-refractivity contribution in [1.82, 2.24) is 9.97 Å². The molecule has 2 aromatic heterocycles. The lowest BCUT2D eigenvalue weighted by Gasteiger charge is -2.11. The molecule has 0 amide bonds. The normalized spacial score (nSPS) is 16.3. The maximum atomic E-state index is 11.9. The number of H-pyrrole nitrogens is 1. The first-order valence-corrected chi connectivity index (χ1v) is 6.87. The van der Waals surface area contributed by atoms with E-state index >= 15 is 0 Å². The van der Waals surface area contributed by atoms with Gasteiger partial charge in [0.05, 0.1) is 17.5 Å². The molecule has 0 saturated heterocycles. The first-order valence-electron chi connectivity index (χ1n) is 6.08. The SMILES string of the molecule is O=c1[nH]c(-c2ccoc2)nc(C2CCCC2)c1Br. The van der Waals surface area contributed by atoms with Crippen LogP contribution in [-0.2, 0) is 0 Å². The molecule has 18 heavy (non-hydrogen) atoms. The van der Waals surface area contributed by atoms with Gasteiger partial charge in [0.25, 0.3) is 5.56 Å². The van der Waals surface area contributed by atoms with Crippen molar-refractivity contribution in [3.63, 3.8) is 0 Å². The number of halogens is 1. The Kier molecular flexibility index (Phi) is 3.07. The van der Waals surface area contributed by atoms with Gasteiger partial charge in [0.15, 0.2) is 0 Å². The summed E-state index contributed by atoms with van der Waals surface area (Å²) in [4.78, 5) is 19.3. The lowest BCUT2D eigenvalue weighted by Crippen LogP contribution is -2.15. The maximum Gasteiger partial charge on any atom is 0.265 e. The molecule has 1 N–H and O–H groups in total. The number of nitrogens with one attached hydrogen (secondary N) is 1. The molecule has 94 valence electrons. The Morgan fingerprint density at radius 3 is 2.83 bits per heavy atom. The summed E-state index contributed by atoms with van der Waals surface area (Å²) in [7, 11) is 0.